The normalized spacial score (nSPS) is 26.9. The van der Waals surface area contributed by atoms with E-state index in [1.54, 1.807) is 0 Å². The van der Waals surface area contributed by atoms with Gasteiger partial charge in [0.2, 0.25) is 0 Å². The molecule has 1 nitrogen and oxygen atoms in total. The molecule has 70 valence electrons. The minimum absolute atomic E-state index is 0.286. The van der Waals surface area contributed by atoms with Crippen molar-refractivity contribution in [1.82, 2.24) is 0 Å². The van der Waals surface area contributed by atoms with Gasteiger partial charge < -0.3 is 0 Å². The molecule has 0 aromatic heterocycles. The smallest absolute Gasteiger partial charge is 0.0560 e. The molecule has 0 saturated carbocycles. The van der Waals surface area contributed by atoms with Gasteiger partial charge >= 0.3 is 0 Å². The second kappa shape index (κ2) is 3.43. The first-order chi connectivity index (χ1) is 6.18. The number of aryl methyl sites for hydroxylation is 1. The minimum atomic E-state index is -0.827. The van der Waals surface area contributed by atoms with Crippen LogP contribution in [0.1, 0.15) is 18.9 Å². The Morgan fingerprint density at radius 3 is 3.08 bits per heavy atom. The predicted octanol–water partition coefficient (Wildman–Crippen LogP) is 2.78. The second-order valence-corrected chi connectivity index (χ2v) is 5.67. The molecule has 0 spiro atoms. The van der Waals surface area contributed by atoms with Crippen molar-refractivity contribution < 1.29 is 4.21 Å². The Hall–Kier alpha value is -0.340. The standard InChI is InChI=1S/C10H11ClOS/c1-7-2-3-8-6-9(11)4-5-10(8)13(7)12/h4-7H,2-3H2,1H3. The number of benzene rings is 1. The van der Waals surface area contributed by atoms with E-state index in [9.17, 15) is 4.21 Å². The highest BCUT2D eigenvalue weighted by molar-refractivity contribution is 7.85. The van der Waals surface area contributed by atoms with E-state index in [1.165, 1.54) is 0 Å². The van der Waals surface area contributed by atoms with Crippen molar-refractivity contribution >= 4 is 22.4 Å². The monoisotopic (exact) mass is 214 g/mol. The molecule has 2 rings (SSSR count). The van der Waals surface area contributed by atoms with Crippen molar-refractivity contribution in [2.24, 2.45) is 0 Å². The molecule has 0 radical (unpaired) electrons. The summed E-state index contributed by atoms with van der Waals surface area (Å²) in [5.74, 6) is 0. The van der Waals surface area contributed by atoms with Crippen LogP contribution in [0, 0.1) is 0 Å². The third-order valence-corrected chi connectivity index (χ3v) is 4.46. The van der Waals surface area contributed by atoms with Crippen molar-refractivity contribution in [2.75, 3.05) is 0 Å². The molecule has 2 unspecified atom stereocenters. The van der Waals surface area contributed by atoms with Crippen LogP contribution < -0.4 is 0 Å². The summed E-state index contributed by atoms with van der Waals surface area (Å²) in [5, 5.41) is 1.03. The summed E-state index contributed by atoms with van der Waals surface area (Å²) >= 11 is 5.86. The van der Waals surface area contributed by atoms with Gasteiger partial charge in [-0.1, -0.05) is 18.5 Å². The van der Waals surface area contributed by atoms with Crippen LogP contribution in [-0.4, -0.2) is 9.46 Å². The van der Waals surface area contributed by atoms with Crippen LogP contribution in [-0.2, 0) is 17.2 Å². The molecule has 0 fully saturated rings. The molecule has 0 aliphatic carbocycles. The van der Waals surface area contributed by atoms with E-state index in [-0.39, 0.29) is 5.25 Å². The lowest BCUT2D eigenvalue weighted by Crippen LogP contribution is -2.18. The Bertz CT molecular complexity index is 362. The highest BCUT2D eigenvalue weighted by Gasteiger charge is 2.22. The van der Waals surface area contributed by atoms with Gasteiger partial charge in [0.15, 0.2) is 0 Å². The van der Waals surface area contributed by atoms with Gasteiger partial charge in [-0.3, -0.25) is 4.21 Å². The Labute approximate surface area is 85.6 Å². The fourth-order valence-electron chi connectivity index (χ4n) is 1.62. The van der Waals surface area contributed by atoms with Crippen LogP contribution >= 0.6 is 11.6 Å². The summed E-state index contributed by atoms with van der Waals surface area (Å²) in [4.78, 5) is 0.975. The second-order valence-electron chi connectivity index (χ2n) is 3.40. The van der Waals surface area contributed by atoms with Crippen molar-refractivity contribution in [3.8, 4) is 0 Å². The van der Waals surface area contributed by atoms with E-state index in [1.807, 2.05) is 25.1 Å². The highest BCUT2D eigenvalue weighted by atomic mass is 35.5. The van der Waals surface area contributed by atoms with Crippen molar-refractivity contribution in [2.45, 2.75) is 29.9 Å². The van der Waals surface area contributed by atoms with Gasteiger partial charge in [-0.25, -0.2) is 0 Å². The van der Waals surface area contributed by atoms with Gasteiger partial charge in [0.05, 0.1) is 10.8 Å². The van der Waals surface area contributed by atoms with Crippen molar-refractivity contribution in [3.05, 3.63) is 28.8 Å². The number of fused-ring (bicyclic) bond motifs is 1. The Morgan fingerprint density at radius 1 is 1.54 bits per heavy atom. The van der Waals surface area contributed by atoms with Crippen LogP contribution in [0.3, 0.4) is 0 Å². The van der Waals surface area contributed by atoms with Gasteiger partial charge in [-0.05, 0) is 36.6 Å². The Morgan fingerprint density at radius 2 is 2.31 bits per heavy atom. The summed E-state index contributed by atoms with van der Waals surface area (Å²) in [5.41, 5.74) is 1.16. The first kappa shape index (κ1) is 9.22. The minimum Gasteiger partial charge on any atom is -0.254 e. The molecule has 0 saturated heterocycles. The maximum atomic E-state index is 11.8. The third kappa shape index (κ3) is 1.65. The molecular formula is C10H11ClOS. The predicted molar refractivity (Wildman–Crippen MR) is 55.6 cm³/mol. The molecule has 0 N–H and O–H groups in total. The van der Waals surface area contributed by atoms with Gasteiger partial charge in [0.25, 0.3) is 0 Å². The van der Waals surface area contributed by atoms with Crippen LogP contribution in [0.5, 0.6) is 0 Å². The molecule has 1 aliphatic rings. The van der Waals surface area contributed by atoms with E-state index < -0.39 is 10.8 Å². The average molecular weight is 215 g/mol. The van der Waals surface area contributed by atoms with Gasteiger partial charge in [0, 0.05) is 15.2 Å². The highest BCUT2D eigenvalue weighted by Crippen LogP contribution is 2.28. The van der Waals surface area contributed by atoms with Crippen molar-refractivity contribution in [1.29, 1.82) is 0 Å². The molecule has 3 heteroatoms. The molecule has 1 aromatic rings. The zero-order valence-electron chi connectivity index (χ0n) is 7.42. The van der Waals surface area contributed by atoms with Crippen LogP contribution in [0.25, 0.3) is 0 Å². The number of hydrogen-bond donors (Lipinski definition) is 0. The quantitative estimate of drug-likeness (QED) is 0.649. The van der Waals surface area contributed by atoms with Crippen LogP contribution in [0.4, 0.5) is 0 Å². The van der Waals surface area contributed by atoms with Gasteiger partial charge in [-0.2, -0.15) is 0 Å². The Balaban J connectivity index is 2.50. The zero-order valence-corrected chi connectivity index (χ0v) is 8.99. The molecule has 1 heterocycles. The lowest BCUT2D eigenvalue weighted by atomic mass is 10.1. The summed E-state index contributed by atoms with van der Waals surface area (Å²) in [7, 11) is -0.827. The van der Waals surface area contributed by atoms with E-state index in [0.717, 1.165) is 28.3 Å². The number of hydrogen-bond acceptors (Lipinski definition) is 1. The summed E-state index contributed by atoms with van der Waals surface area (Å²) in [6.45, 7) is 2.04. The SMILES string of the molecule is CC1CCc2cc(Cl)ccc2S1=O. The Kier molecular flexibility index (Phi) is 2.43. The number of rotatable bonds is 0. The van der Waals surface area contributed by atoms with Crippen LogP contribution in [0.15, 0.2) is 23.1 Å². The van der Waals surface area contributed by atoms with E-state index in [2.05, 4.69) is 0 Å². The fourth-order valence-corrected chi connectivity index (χ4v) is 3.20. The van der Waals surface area contributed by atoms with E-state index in [4.69, 9.17) is 11.6 Å². The van der Waals surface area contributed by atoms with Gasteiger partial charge in [0.1, 0.15) is 0 Å². The topological polar surface area (TPSA) is 17.1 Å². The molecule has 2 atom stereocenters. The zero-order chi connectivity index (χ0) is 9.42. The summed E-state index contributed by atoms with van der Waals surface area (Å²) < 4.78 is 11.8. The molecule has 0 bridgehead atoms. The van der Waals surface area contributed by atoms with Gasteiger partial charge in [-0.15, -0.1) is 0 Å². The molecule has 13 heavy (non-hydrogen) atoms. The van der Waals surface area contributed by atoms with Crippen molar-refractivity contribution in [3.63, 3.8) is 0 Å². The summed E-state index contributed by atoms with van der Waals surface area (Å²) in [6.07, 6.45) is 2.00. The van der Waals surface area contributed by atoms with E-state index in [0.29, 0.717) is 0 Å². The third-order valence-electron chi connectivity index (χ3n) is 2.42. The molecule has 1 aliphatic heterocycles. The largest absolute Gasteiger partial charge is 0.254 e. The first-order valence-electron chi connectivity index (χ1n) is 4.37. The lowest BCUT2D eigenvalue weighted by Gasteiger charge is -2.20. The molecule has 0 amide bonds. The molecule has 1 aromatic carbocycles. The maximum absolute atomic E-state index is 11.8. The lowest BCUT2D eigenvalue weighted by molar-refractivity contribution is 0.653. The average Bonchev–Trinajstić information content (AvgIpc) is 2.12. The first-order valence-corrected chi connectivity index (χ1v) is 5.96. The maximum Gasteiger partial charge on any atom is 0.0560 e. The van der Waals surface area contributed by atoms with E-state index >= 15 is 0 Å². The number of halogens is 1. The fraction of sp³-hybridized carbons (Fsp3) is 0.400. The summed E-state index contributed by atoms with van der Waals surface area (Å²) in [6, 6.07) is 5.64. The molecular weight excluding hydrogens is 204 g/mol. The van der Waals surface area contributed by atoms with Crippen LogP contribution in [0.2, 0.25) is 5.02 Å².